The van der Waals surface area contributed by atoms with Crippen LogP contribution in [0.5, 0.6) is 0 Å². The van der Waals surface area contributed by atoms with Crippen molar-refractivity contribution in [3.8, 4) is 0 Å². The van der Waals surface area contributed by atoms with Gasteiger partial charge in [-0.1, -0.05) is 6.07 Å². The predicted octanol–water partition coefficient (Wildman–Crippen LogP) is 2.66. The zero-order valence-electron chi connectivity index (χ0n) is 11.7. The van der Waals surface area contributed by atoms with E-state index in [-0.39, 0.29) is 5.91 Å². The minimum Gasteiger partial charge on any atom is -0.340 e. The van der Waals surface area contributed by atoms with Crippen molar-refractivity contribution in [3.05, 3.63) is 40.3 Å². The molecule has 0 aromatic carbocycles. The van der Waals surface area contributed by atoms with Gasteiger partial charge in [-0.2, -0.15) is 5.10 Å². The van der Waals surface area contributed by atoms with Gasteiger partial charge >= 0.3 is 0 Å². The Kier molecular flexibility index (Phi) is 3.87. The van der Waals surface area contributed by atoms with Crippen LogP contribution in [0.25, 0.3) is 0 Å². The standard InChI is InChI=1S/C15H19N3OS/c1-12-9-16-18(10-12)13-4-2-6-17(11-13)15(19)8-14-5-3-7-20-14/h3,5,7,9-10,13H,2,4,6,8,11H2,1H3/t13-/m1/s1. The van der Waals surface area contributed by atoms with Crippen molar-refractivity contribution in [3.63, 3.8) is 0 Å². The summed E-state index contributed by atoms with van der Waals surface area (Å²) in [6.45, 7) is 3.71. The molecule has 3 rings (SSSR count). The van der Waals surface area contributed by atoms with Crippen molar-refractivity contribution >= 4 is 17.2 Å². The lowest BCUT2D eigenvalue weighted by atomic mass is 10.1. The van der Waals surface area contributed by atoms with Crippen LogP contribution < -0.4 is 0 Å². The molecule has 0 radical (unpaired) electrons. The maximum absolute atomic E-state index is 12.4. The van der Waals surface area contributed by atoms with E-state index in [0.717, 1.165) is 30.8 Å². The largest absolute Gasteiger partial charge is 0.340 e. The molecule has 20 heavy (non-hydrogen) atoms. The summed E-state index contributed by atoms with van der Waals surface area (Å²) in [5.74, 6) is 0.237. The summed E-state index contributed by atoms with van der Waals surface area (Å²) in [5, 5.41) is 6.41. The minimum absolute atomic E-state index is 0.237. The summed E-state index contributed by atoms with van der Waals surface area (Å²) in [5.41, 5.74) is 1.17. The van der Waals surface area contributed by atoms with E-state index in [1.54, 1.807) is 11.3 Å². The Morgan fingerprint density at radius 1 is 1.55 bits per heavy atom. The number of piperidine rings is 1. The van der Waals surface area contributed by atoms with Gasteiger partial charge in [0.2, 0.25) is 5.91 Å². The summed E-state index contributed by atoms with van der Waals surface area (Å²) in [6, 6.07) is 4.35. The molecule has 3 heterocycles. The first-order chi connectivity index (χ1) is 9.72. The fourth-order valence-electron chi connectivity index (χ4n) is 2.70. The first kappa shape index (κ1) is 13.4. The van der Waals surface area contributed by atoms with Gasteiger partial charge in [0, 0.05) is 24.2 Å². The van der Waals surface area contributed by atoms with Gasteiger partial charge in [-0.3, -0.25) is 9.48 Å². The van der Waals surface area contributed by atoms with E-state index in [0.29, 0.717) is 12.5 Å². The van der Waals surface area contributed by atoms with Gasteiger partial charge in [-0.15, -0.1) is 11.3 Å². The highest BCUT2D eigenvalue weighted by Crippen LogP contribution is 2.22. The highest BCUT2D eigenvalue weighted by molar-refractivity contribution is 7.10. The van der Waals surface area contributed by atoms with E-state index in [4.69, 9.17) is 0 Å². The molecule has 0 bridgehead atoms. The van der Waals surface area contributed by atoms with E-state index in [9.17, 15) is 4.79 Å². The highest BCUT2D eigenvalue weighted by atomic mass is 32.1. The Morgan fingerprint density at radius 3 is 3.15 bits per heavy atom. The van der Waals surface area contributed by atoms with Crippen LogP contribution in [0.15, 0.2) is 29.9 Å². The summed E-state index contributed by atoms with van der Waals surface area (Å²) in [7, 11) is 0. The molecule has 106 valence electrons. The van der Waals surface area contributed by atoms with E-state index < -0.39 is 0 Å². The number of likely N-dealkylation sites (tertiary alicyclic amines) is 1. The molecule has 2 aromatic heterocycles. The van der Waals surface area contributed by atoms with Crippen molar-refractivity contribution in [2.75, 3.05) is 13.1 Å². The van der Waals surface area contributed by atoms with Gasteiger partial charge in [0.25, 0.3) is 0 Å². The fourth-order valence-corrected chi connectivity index (χ4v) is 3.40. The zero-order chi connectivity index (χ0) is 13.9. The van der Waals surface area contributed by atoms with Crippen molar-refractivity contribution in [2.45, 2.75) is 32.2 Å². The number of carbonyl (C=O) groups is 1. The maximum Gasteiger partial charge on any atom is 0.227 e. The van der Waals surface area contributed by atoms with Crippen LogP contribution in [0.4, 0.5) is 0 Å². The molecule has 0 unspecified atom stereocenters. The van der Waals surface area contributed by atoms with Crippen LogP contribution in [0.1, 0.15) is 29.3 Å². The molecular formula is C15H19N3OS. The van der Waals surface area contributed by atoms with E-state index in [2.05, 4.69) is 11.3 Å². The number of nitrogens with zero attached hydrogens (tertiary/aromatic N) is 3. The number of hydrogen-bond donors (Lipinski definition) is 0. The SMILES string of the molecule is Cc1cnn([C@@H]2CCCN(C(=O)Cc3cccs3)C2)c1. The van der Waals surface area contributed by atoms with Crippen LogP contribution >= 0.6 is 11.3 Å². The van der Waals surface area contributed by atoms with Crippen LogP contribution in [-0.2, 0) is 11.2 Å². The Morgan fingerprint density at radius 2 is 2.45 bits per heavy atom. The van der Waals surface area contributed by atoms with Gasteiger partial charge in [0.05, 0.1) is 18.7 Å². The molecule has 1 saturated heterocycles. The lowest BCUT2D eigenvalue weighted by Gasteiger charge is -2.32. The lowest BCUT2D eigenvalue weighted by Crippen LogP contribution is -2.41. The van der Waals surface area contributed by atoms with Gasteiger partial charge in [0.15, 0.2) is 0 Å². The molecule has 0 saturated carbocycles. The first-order valence-electron chi connectivity index (χ1n) is 7.03. The van der Waals surface area contributed by atoms with Crippen LogP contribution in [-0.4, -0.2) is 33.7 Å². The quantitative estimate of drug-likeness (QED) is 0.871. The number of thiophene rings is 1. The van der Waals surface area contributed by atoms with Crippen molar-refractivity contribution < 1.29 is 4.79 Å². The lowest BCUT2D eigenvalue weighted by molar-refractivity contribution is -0.132. The number of aryl methyl sites for hydroxylation is 1. The van der Waals surface area contributed by atoms with Gasteiger partial charge in [-0.05, 0) is 36.8 Å². The number of carbonyl (C=O) groups excluding carboxylic acids is 1. The molecule has 0 spiro atoms. The third kappa shape index (κ3) is 2.93. The Hall–Kier alpha value is -1.62. The predicted molar refractivity (Wildman–Crippen MR) is 79.8 cm³/mol. The van der Waals surface area contributed by atoms with Crippen molar-refractivity contribution in [1.29, 1.82) is 0 Å². The molecule has 2 aromatic rings. The van der Waals surface area contributed by atoms with Crippen LogP contribution in [0.2, 0.25) is 0 Å². The van der Waals surface area contributed by atoms with Crippen LogP contribution in [0.3, 0.4) is 0 Å². The summed E-state index contributed by atoms with van der Waals surface area (Å²) < 4.78 is 2.01. The molecule has 0 aliphatic carbocycles. The monoisotopic (exact) mass is 289 g/mol. The summed E-state index contributed by atoms with van der Waals surface area (Å²) >= 11 is 1.65. The molecule has 0 N–H and O–H groups in total. The van der Waals surface area contributed by atoms with Crippen molar-refractivity contribution in [2.24, 2.45) is 0 Å². The Bertz CT molecular complexity index is 576. The number of hydrogen-bond acceptors (Lipinski definition) is 3. The van der Waals surface area contributed by atoms with Crippen molar-refractivity contribution in [1.82, 2.24) is 14.7 Å². The molecule has 1 fully saturated rings. The molecule has 1 aliphatic heterocycles. The molecule has 1 aliphatic rings. The van der Waals surface area contributed by atoms with Crippen LogP contribution in [0, 0.1) is 6.92 Å². The van der Waals surface area contributed by atoms with Gasteiger partial charge in [-0.25, -0.2) is 0 Å². The van der Waals surface area contributed by atoms with E-state index in [1.807, 2.05) is 40.2 Å². The second-order valence-electron chi connectivity index (χ2n) is 5.39. The summed E-state index contributed by atoms with van der Waals surface area (Å²) in [6.07, 6.45) is 6.64. The smallest absolute Gasteiger partial charge is 0.227 e. The first-order valence-corrected chi connectivity index (χ1v) is 7.91. The van der Waals surface area contributed by atoms with Gasteiger partial charge < -0.3 is 4.90 Å². The number of aromatic nitrogens is 2. The topological polar surface area (TPSA) is 38.1 Å². The van der Waals surface area contributed by atoms with E-state index in [1.165, 1.54) is 5.56 Å². The number of rotatable bonds is 3. The minimum atomic E-state index is 0.237. The fraction of sp³-hybridized carbons (Fsp3) is 0.467. The highest BCUT2D eigenvalue weighted by Gasteiger charge is 2.25. The normalized spacial score (nSPS) is 19.2. The molecule has 1 amide bonds. The molecule has 1 atom stereocenters. The average Bonchev–Trinajstić information content (AvgIpc) is 3.10. The Balaban J connectivity index is 1.64. The Labute approximate surface area is 123 Å². The average molecular weight is 289 g/mol. The third-order valence-corrected chi connectivity index (χ3v) is 4.64. The number of amides is 1. The molecule has 5 heteroatoms. The second kappa shape index (κ2) is 5.79. The second-order valence-corrected chi connectivity index (χ2v) is 6.42. The zero-order valence-corrected chi connectivity index (χ0v) is 12.5. The molecular weight excluding hydrogens is 270 g/mol. The maximum atomic E-state index is 12.4. The molecule has 4 nitrogen and oxygen atoms in total. The van der Waals surface area contributed by atoms with E-state index >= 15 is 0 Å². The van der Waals surface area contributed by atoms with Gasteiger partial charge in [0.1, 0.15) is 0 Å². The summed E-state index contributed by atoms with van der Waals surface area (Å²) in [4.78, 5) is 15.5. The third-order valence-electron chi connectivity index (χ3n) is 3.76.